The van der Waals surface area contributed by atoms with Crippen molar-refractivity contribution in [2.24, 2.45) is 10.9 Å². The third-order valence-corrected chi connectivity index (χ3v) is 5.13. The average Bonchev–Trinajstić information content (AvgIpc) is 3.19. The molecule has 0 aliphatic heterocycles. The molecule has 1 unspecified atom stereocenters. The first-order valence-electron chi connectivity index (χ1n) is 9.19. The Hall–Kier alpha value is -2.41. The maximum atomic E-state index is 12.3. The van der Waals surface area contributed by atoms with Crippen LogP contribution in [0, 0.1) is 5.92 Å². The molecule has 6 nitrogen and oxygen atoms in total. The number of amides is 1. The van der Waals surface area contributed by atoms with E-state index in [1.54, 1.807) is 29.5 Å². The van der Waals surface area contributed by atoms with Crippen molar-refractivity contribution in [3.63, 3.8) is 0 Å². The fraction of sp³-hybridized carbons (Fsp3) is 0.450. The van der Waals surface area contributed by atoms with Gasteiger partial charge in [0.25, 0.3) is 0 Å². The molecule has 0 aromatic carbocycles. The van der Waals surface area contributed by atoms with Gasteiger partial charge in [-0.05, 0) is 35.9 Å². The van der Waals surface area contributed by atoms with E-state index in [0.717, 1.165) is 25.1 Å². The van der Waals surface area contributed by atoms with Gasteiger partial charge in [-0.2, -0.15) is 0 Å². The van der Waals surface area contributed by atoms with E-state index in [1.807, 2.05) is 25.2 Å². The molecule has 0 radical (unpaired) electrons. The Morgan fingerprint density at radius 2 is 2.15 bits per heavy atom. The molecule has 2 aromatic rings. The van der Waals surface area contributed by atoms with E-state index in [-0.39, 0.29) is 12.5 Å². The van der Waals surface area contributed by atoms with Gasteiger partial charge >= 0.3 is 0 Å². The summed E-state index contributed by atoms with van der Waals surface area (Å²) < 4.78 is 0. The molecule has 0 aliphatic rings. The van der Waals surface area contributed by atoms with Crippen LogP contribution in [0.4, 0.5) is 0 Å². The maximum absolute atomic E-state index is 12.3. The van der Waals surface area contributed by atoms with Gasteiger partial charge in [-0.15, -0.1) is 11.3 Å². The summed E-state index contributed by atoms with van der Waals surface area (Å²) in [5.41, 5.74) is 0.988. The number of aliphatic imine (C=N–C) groups is 1. The Labute approximate surface area is 165 Å². The lowest BCUT2D eigenvalue weighted by molar-refractivity contribution is -0.128. The van der Waals surface area contributed by atoms with Crippen molar-refractivity contribution < 1.29 is 4.79 Å². The third-order valence-electron chi connectivity index (χ3n) is 4.23. The van der Waals surface area contributed by atoms with Gasteiger partial charge in [-0.3, -0.25) is 14.8 Å². The van der Waals surface area contributed by atoms with Crippen LogP contribution in [0.15, 0.2) is 46.9 Å². The van der Waals surface area contributed by atoms with Crippen molar-refractivity contribution in [3.8, 4) is 0 Å². The summed E-state index contributed by atoms with van der Waals surface area (Å²) in [4.78, 5) is 23.9. The van der Waals surface area contributed by atoms with E-state index < -0.39 is 0 Å². The molecule has 1 atom stereocenters. The lowest BCUT2D eigenvalue weighted by Gasteiger charge is -2.19. The van der Waals surface area contributed by atoms with Crippen LogP contribution in [0.1, 0.15) is 17.5 Å². The number of hydrogen-bond acceptors (Lipinski definition) is 4. The number of pyridine rings is 1. The first-order valence-corrected chi connectivity index (χ1v) is 10.1. The van der Waals surface area contributed by atoms with Crippen LogP contribution in [0.5, 0.6) is 0 Å². The molecule has 0 saturated carbocycles. The number of carbonyl (C=O) groups is 1. The molecule has 2 N–H and O–H groups in total. The van der Waals surface area contributed by atoms with Crippen LogP contribution in [-0.4, -0.2) is 55.5 Å². The smallest absolute Gasteiger partial charge is 0.241 e. The number of guanidine groups is 1. The van der Waals surface area contributed by atoms with Crippen LogP contribution < -0.4 is 10.6 Å². The Balaban J connectivity index is 1.67. The monoisotopic (exact) mass is 387 g/mol. The number of nitrogens with zero attached hydrogens (tertiary/aromatic N) is 3. The minimum Gasteiger partial charge on any atom is -0.356 e. The molecular formula is C20H29N5OS. The number of nitrogens with one attached hydrogen (secondary N) is 2. The van der Waals surface area contributed by atoms with Gasteiger partial charge in [0.15, 0.2) is 5.96 Å². The molecule has 0 spiro atoms. The van der Waals surface area contributed by atoms with E-state index in [1.165, 1.54) is 4.88 Å². The third kappa shape index (κ3) is 7.78. The van der Waals surface area contributed by atoms with Crippen molar-refractivity contribution in [3.05, 3.63) is 52.5 Å². The number of thiophene rings is 1. The highest BCUT2D eigenvalue weighted by Crippen LogP contribution is 2.13. The highest BCUT2D eigenvalue weighted by atomic mass is 32.1. The van der Waals surface area contributed by atoms with E-state index in [9.17, 15) is 4.79 Å². The summed E-state index contributed by atoms with van der Waals surface area (Å²) in [6, 6.07) is 10.1. The molecule has 2 rings (SSSR count). The van der Waals surface area contributed by atoms with Crippen LogP contribution >= 0.6 is 11.3 Å². The van der Waals surface area contributed by atoms with Gasteiger partial charge in [-0.25, -0.2) is 0 Å². The van der Waals surface area contributed by atoms with Crippen LogP contribution in [0.2, 0.25) is 0 Å². The highest BCUT2D eigenvalue weighted by Gasteiger charge is 2.11. The predicted molar refractivity (Wildman–Crippen MR) is 112 cm³/mol. The van der Waals surface area contributed by atoms with Gasteiger partial charge < -0.3 is 15.5 Å². The van der Waals surface area contributed by atoms with Crippen molar-refractivity contribution >= 4 is 23.2 Å². The largest absolute Gasteiger partial charge is 0.356 e. The lowest BCUT2D eigenvalue weighted by atomic mass is 10.1. The minimum atomic E-state index is 0.0283. The molecule has 7 heteroatoms. The predicted octanol–water partition coefficient (Wildman–Crippen LogP) is 2.19. The topological polar surface area (TPSA) is 69.6 Å². The first kappa shape index (κ1) is 20.9. The highest BCUT2D eigenvalue weighted by molar-refractivity contribution is 7.09. The van der Waals surface area contributed by atoms with E-state index in [2.05, 4.69) is 45.0 Å². The molecule has 27 heavy (non-hydrogen) atoms. The second kappa shape index (κ2) is 11.3. The molecule has 2 aromatic heterocycles. The van der Waals surface area contributed by atoms with E-state index in [4.69, 9.17) is 0 Å². The summed E-state index contributed by atoms with van der Waals surface area (Å²) in [6.45, 7) is 3.87. The quantitative estimate of drug-likeness (QED) is 0.511. The molecule has 146 valence electrons. The molecule has 0 aliphatic carbocycles. The molecular weight excluding hydrogens is 358 g/mol. The standard InChI is InChI=1S/C20H29N5OS/c1-16(13-18-8-6-12-27-18)14-23-20(21-2)24-15-19(26)25(3)11-9-17-7-4-5-10-22-17/h4-8,10,12,16H,9,11,13-15H2,1-3H3,(H2,21,23,24). The summed E-state index contributed by atoms with van der Waals surface area (Å²) in [5, 5.41) is 8.50. The van der Waals surface area contributed by atoms with E-state index in [0.29, 0.717) is 18.4 Å². The summed E-state index contributed by atoms with van der Waals surface area (Å²) >= 11 is 1.78. The molecule has 0 fully saturated rings. The second-order valence-corrected chi connectivity index (χ2v) is 7.61. The maximum Gasteiger partial charge on any atom is 0.241 e. The molecule has 1 amide bonds. The van der Waals surface area contributed by atoms with E-state index >= 15 is 0 Å². The average molecular weight is 388 g/mol. The molecule has 0 bridgehead atoms. The fourth-order valence-corrected chi connectivity index (χ4v) is 3.45. The summed E-state index contributed by atoms with van der Waals surface area (Å²) in [6.07, 6.45) is 3.56. The van der Waals surface area contributed by atoms with Gasteiger partial charge in [-0.1, -0.05) is 19.1 Å². The minimum absolute atomic E-state index is 0.0283. The Kier molecular flexibility index (Phi) is 8.77. The zero-order chi connectivity index (χ0) is 19.5. The van der Waals surface area contributed by atoms with Crippen molar-refractivity contribution in [1.29, 1.82) is 0 Å². The number of carbonyl (C=O) groups excluding carboxylic acids is 1. The van der Waals surface area contributed by atoms with Gasteiger partial charge in [0.1, 0.15) is 0 Å². The SMILES string of the molecule is CN=C(NCC(=O)N(C)CCc1ccccn1)NCC(C)Cc1cccs1. The zero-order valence-corrected chi connectivity index (χ0v) is 17.1. The molecule has 0 saturated heterocycles. The van der Waals surface area contributed by atoms with Crippen LogP contribution in [-0.2, 0) is 17.6 Å². The fourth-order valence-electron chi connectivity index (χ4n) is 2.58. The number of hydrogen-bond donors (Lipinski definition) is 2. The second-order valence-electron chi connectivity index (χ2n) is 6.58. The van der Waals surface area contributed by atoms with Crippen LogP contribution in [0.25, 0.3) is 0 Å². The Morgan fingerprint density at radius 1 is 1.30 bits per heavy atom. The van der Waals surface area contributed by atoms with Gasteiger partial charge in [0.2, 0.25) is 5.91 Å². The lowest BCUT2D eigenvalue weighted by Crippen LogP contribution is -2.45. The number of rotatable bonds is 9. The van der Waals surface area contributed by atoms with Gasteiger partial charge in [0.05, 0.1) is 6.54 Å². The number of aromatic nitrogens is 1. The van der Waals surface area contributed by atoms with Crippen molar-refractivity contribution in [2.45, 2.75) is 19.8 Å². The molecule has 2 heterocycles. The summed E-state index contributed by atoms with van der Waals surface area (Å²) in [7, 11) is 3.53. The van der Waals surface area contributed by atoms with Crippen LogP contribution in [0.3, 0.4) is 0 Å². The zero-order valence-electron chi connectivity index (χ0n) is 16.3. The Bertz CT molecular complexity index is 702. The van der Waals surface area contributed by atoms with Crippen molar-refractivity contribution in [2.75, 3.05) is 33.7 Å². The Morgan fingerprint density at radius 3 is 2.81 bits per heavy atom. The normalized spacial score (nSPS) is 12.5. The summed E-state index contributed by atoms with van der Waals surface area (Å²) in [5.74, 6) is 1.17. The van der Waals surface area contributed by atoms with Gasteiger partial charge in [0, 0.05) is 50.4 Å². The van der Waals surface area contributed by atoms with Crippen molar-refractivity contribution in [1.82, 2.24) is 20.5 Å². The number of likely N-dealkylation sites (N-methyl/N-ethyl adjacent to an activating group) is 1. The first-order chi connectivity index (χ1) is 13.1.